The summed E-state index contributed by atoms with van der Waals surface area (Å²) >= 11 is 0. The molecule has 2 aliphatic carbocycles. The predicted octanol–water partition coefficient (Wildman–Crippen LogP) is 5.83. The quantitative estimate of drug-likeness (QED) is 0.580. The monoisotopic (exact) mass is 381 g/mol. The molecule has 2 aromatic rings. The van der Waals surface area contributed by atoms with Crippen molar-refractivity contribution in [1.82, 2.24) is 4.67 Å². The minimum atomic E-state index is -1.17. The average Bonchev–Trinajstić information content (AvgIpc) is 2.96. The largest absolute Gasteiger partial charge is 0.427 e. The maximum absolute atomic E-state index is 6.55. The smallest absolute Gasteiger partial charge is 0.384 e. The highest BCUT2D eigenvalue weighted by atomic mass is 31.2. The first kappa shape index (κ1) is 17.5. The summed E-state index contributed by atoms with van der Waals surface area (Å²) in [5.41, 5.74) is 5.72. The van der Waals surface area contributed by atoms with E-state index in [-0.39, 0.29) is 5.41 Å². The maximum atomic E-state index is 6.55. The Labute approximate surface area is 163 Å². The van der Waals surface area contributed by atoms with E-state index in [9.17, 15) is 0 Å². The second kappa shape index (κ2) is 6.22. The zero-order chi connectivity index (χ0) is 18.8. The van der Waals surface area contributed by atoms with Crippen LogP contribution < -0.4 is 9.05 Å². The van der Waals surface area contributed by atoms with E-state index in [1.165, 1.54) is 41.5 Å². The van der Waals surface area contributed by atoms with Gasteiger partial charge in [-0.3, -0.25) is 0 Å². The van der Waals surface area contributed by atoms with E-state index in [0.29, 0.717) is 11.8 Å². The molecule has 0 aromatic heterocycles. The molecule has 27 heavy (non-hydrogen) atoms. The number of hydrogen-bond donors (Lipinski definition) is 0. The molecule has 0 N–H and O–H groups in total. The Morgan fingerprint density at radius 1 is 1.00 bits per heavy atom. The highest BCUT2D eigenvalue weighted by Crippen LogP contribution is 2.65. The Bertz CT molecular complexity index is 896. The van der Waals surface area contributed by atoms with Crippen LogP contribution in [0, 0.1) is 18.8 Å². The molecule has 0 bridgehead atoms. The second-order valence-corrected chi connectivity index (χ2v) is 10.2. The Balaban J connectivity index is 1.87. The van der Waals surface area contributed by atoms with Crippen molar-refractivity contribution in [2.75, 3.05) is 14.1 Å². The van der Waals surface area contributed by atoms with Gasteiger partial charge in [0, 0.05) is 16.5 Å². The molecule has 2 aromatic carbocycles. The first-order valence-corrected chi connectivity index (χ1v) is 11.2. The summed E-state index contributed by atoms with van der Waals surface area (Å²) in [6.45, 7) is 4.71. The number of benzene rings is 2. The van der Waals surface area contributed by atoms with Gasteiger partial charge in [0.15, 0.2) is 0 Å². The third kappa shape index (κ3) is 2.34. The molecule has 3 aliphatic rings. The molecule has 1 saturated carbocycles. The highest BCUT2D eigenvalue weighted by molar-refractivity contribution is 7.45. The third-order valence-electron chi connectivity index (χ3n) is 6.93. The molecule has 1 fully saturated rings. The molecule has 1 heterocycles. The minimum absolute atomic E-state index is 0.0125. The van der Waals surface area contributed by atoms with E-state index in [4.69, 9.17) is 9.05 Å². The van der Waals surface area contributed by atoms with Crippen molar-refractivity contribution >= 4 is 8.53 Å². The fraction of sp³-hybridized carbons (Fsp3) is 0.478. The van der Waals surface area contributed by atoms with Gasteiger partial charge in [-0.25, -0.2) is 4.67 Å². The maximum Gasteiger partial charge on any atom is 0.384 e. The van der Waals surface area contributed by atoms with Gasteiger partial charge in [-0.1, -0.05) is 37.6 Å². The first-order chi connectivity index (χ1) is 13.0. The predicted molar refractivity (Wildman–Crippen MR) is 110 cm³/mol. The van der Waals surface area contributed by atoms with Gasteiger partial charge in [-0.2, -0.15) is 0 Å². The van der Waals surface area contributed by atoms with Gasteiger partial charge in [0.2, 0.25) is 0 Å². The summed E-state index contributed by atoms with van der Waals surface area (Å²) in [5, 5.41) is 0. The van der Waals surface area contributed by atoms with Crippen molar-refractivity contribution in [1.29, 1.82) is 0 Å². The second-order valence-electron chi connectivity index (χ2n) is 8.61. The van der Waals surface area contributed by atoms with Crippen LogP contribution in [-0.2, 0) is 11.8 Å². The Morgan fingerprint density at radius 2 is 1.70 bits per heavy atom. The van der Waals surface area contributed by atoms with Crippen LogP contribution in [-0.4, -0.2) is 18.8 Å². The van der Waals surface area contributed by atoms with Gasteiger partial charge in [0.1, 0.15) is 11.5 Å². The lowest BCUT2D eigenvalue weighted by atomic mass is 9.56. The molecule has 4 atom stereocenters. The van der Waals surface area contributed by atoms with Crippen LogP contribution in [0.1, 0.15) is 48.4 Å². The average molecular weight is 381 g/mol. The summed E-state index contributed by atoms with van der Waals surface area (Å²) in [6.07, 6.45) is 5.03. The summed E-state index contributed by atoms with van der Waals surface area (Å²) in [5.74, 6) is 3.27. The zero-order valence-corrected chi connectivity index (χ0v) is 17.6. The molecule has 0 radical (unpaired) electrons. The van der Waals surface area contributed by atoms with Crippen LogP contribution in [0.15, 0.2) is 36.4 Å². The van der Waals surface area contributed by atoms with Gasteiger partial charge < -0.3 is 9.05 Å². The van der Waals surface area contributed by atoms with Crippen molar-refractivity contribution in [3.05, 3.63) is 58.7 Å². The van der Waals surface area contributed by atoms with E-state index >= 15 is 0 Å². The topological polar surface area (TPSA) is 21.7 Å². The molecule has 1 unspecified atom stereocenters. The number of nitrogens with zero attached hydrogens (tertiary/aromatic N) is 1. The standard InChI is InChI=1S/C23H28NO2P/c1-15-8-5-12-19-21(15)23-16(2)9-6-11-18(23)14-17-10-7-13-20(22(17)23)26-27(25-19)24(3)4/h5,7-8,10,12-13,16,18H,6,9,11,14H2,1-4H3/t16-,18+,23+,27?/m0/s1. The molecule has 0 amide bonds. The zero-order valence-electron chi connectivity index (χ0n) is 16.7. The van der Waals surface area contributed by atoms with Crippen LogP contribution in [0.5, 0.6) is 11.5 Å². The van der Waals surface area contributed by atoms with Crippen LogP contribution in [0.4, 0.5) is 0 Å². The van der Waals surface area contributed by atoms with Gasteiger partial charge in [-0.05, 0) is 75.4 Å². The van der Waals surface area contributed by atoms with Crippen LogP contribution in [0.3, 0.4) is 0 Å². The fourth-order valence-corrected chi connectivity index (χ4v) is 6.98. The number of aryl methyl sites for hydroxylation is 1. The van der Waals surface area contributed by atoms with Gasteiger partial charge >= 0.3 is 8.53 Å². The molecule has 0 saturated heterocycles. The SMILES string of the molecule is Cc1cccc2c1[C@]13c4c(cccc4OP(N(C)C)O2)C[C@H]1CCC[C@@H]3C. The summed E-state index contributed by atoms with van der Waals surface area (Å²) in [6, 6.07) is 13.2. The van der Waals surface area contributed by atoms with Gasteiger partial charge in [0.25, 0.3) is 0 Å². The van der Waals surface area contributed by atoms with Gasteiger partial charge in [0.05, 0.1) is 0 Å². The van der Waals surface area contributed by atoms with Crippen LogP contribution in [0.25, 0.3) is 0 Å². The van der Waals surface area contributed by atoms with Crippen LogP contribution >= 0.6 is 8.53 Å². The molecular weight excluding hydrogens is 353 g/mol. The van der Waals surface area contributed by atoms with Crippen molar-refractivity contribution in [3.8, 4) is 11.5 Å². The first-order valence-electron chi connectivity index (χ1n) is 10.1. The normalized spacial score (nSPS) is 31.1. The Hall–Kier alpha value is -1.57. The van der Waals surface area contributed by atoms with E-state index < -0.39 is 8.53 Å². The molecule has 1 aliphatic heterocycles. The van der Waals surface area contributed by atoms with E-state index in [0.717, 1.165) is 17.9 Å². The van der Waals surface area contributed by atoms with Crippen molar-refractivity contribution in [2.24, 2.45) is 11.8 Å². The summed E-state index contributed by atoms with van der Waals surface area (Å²) in [4.78, 5) is 0. The van der Waals surface area contributed by atoms with E-state index in [2.05, 4.69) is 54.9 Å². The molecule has 3 nitrogen and oxygen atoms in total. The Morgan fingerprint density at radius 3 is 2.44 bits per heavy atom. The third-order valence-corrected chi connectivity index (χ3v) is 8.29. The lowest BCUT2D eigenvalue weighted by Crippen LogP contribution is -2.44. The van der Waals surface area contributed by atoms with E-state index in [1.807, 2.05) is 14.1 Å². The summed E-state index contributed by atoms with van der Waals surface area (Å²) in [7, 11) is 2.90. The number of fused-ring (bicyclic) bond motifs is 1. The lowest BCUT2D eigenvalue weighted by molar-refractivity contribution is 0.165. The number of hydrogen-bond acceptors (Lipinski definition) is 3. The molecule has 4 heteroatoms. The van der Waals surface area contributed by atoms with Crippen molar-refractivity contribution in [3.63, 3.8) is 0 Å². The minimum Gasteiger partial charge on any atom is -0.427 e. The van der Waals surface area contributed by atoms with Crippen molar-refractivity contribution in [2.45, 2.75) is 44.9 Å². The molecule has 5 rings (SSSR count). The lowest BCUT2D eigenvalue weighted by Gasteiger charge is -2.48. The molecular formula is C23H28NO2P. The van der Waals surface area contributed by atoms with Crippen LogP contribution in [0.2, 0.25) is 0 Å². The van der Waals surface area contributed by atoms with Gasteiger partial charge in [-0.15, -0.1) is 0 Å². The highest BCUT2D eigenvalue weighted by Gasteiger charge is 2.57. The van der Waals surface area contributed by atoms with Crippen molar-refractivity contribution < 1.29 is 9.05 Å². The number of rotatable bonds is 1. The van der Waals surface area contributed by atoms with E-state index in [1.54, 1.807) is 0 Å². The fourth-order valence-electron chi connectivity index (χ4n) is 5.97. The molecule has 142 valence electrons. The molecule has 1 spiro atoms. The Kier molecular flexibility index (Phi) is 4.04. The summed E-state index contributed by atoms with van der Waals surface area (Å²) < 4.78 is 15.2.